The summed E-state index contributed by atoms with van der Waals surface area (Å²) in [6.07, 6.45) is 0.139. The summed E-state index contributed by atoms with van der Waals surface area (Å²) in [5.74, 6) is -0.745. The van der Waals surface area contributed by atoms with Crippen molar-refractivity contribution in [2.75, 3.05) is 18.5 Å². The lowest BCUT2D eigenvalue weighted by Crippen LogP contribution is -2.34. The van der Waals surface area contributed by atoms with Crippen LogP contribution in [-0.4, -0.2) is 35.2 Å². The van der Waals surface area contributed by atoms with Crippen molar-refractivity contribution >= 4 is 34.8 Å². The Morgan fingerprint density at radius 3 is 2.61 bits per heavy atom. The number of carbonyl (C=O) groups is 2. The molecule has 0 saturated carbocycles. The fourth-order valence-electron chi connectivity index (χ4n) is 3.29. The molecule has 0 spiro atoms. The molecular weight excluding hydrogens is 382 g/mol. The van der Waals surface area contributed by atoms with Gasteiger partial charge in [-0.15, -0.1) is 0 Å². The molecule has 3 rings (SSSR count). The van der Waals surface area contributed by atoms with Crippen molar-refractivity contribution in [1.29, 1.82) is 0 Å². The second-order valence-electron chi connectivity index (χ2n) is 6.97. The molecule has 0 aromatic heterocycles. The van der Waals surface area contributed by atoms with E-state index < -0.39 is 10.8 Å². The zero-order chi connectivity index (χ0) is 20.4. The summed E-state index contributed by atoms with van der Waals surface area (Å²) in [5, 5.41) is 11.3. The molecule has 7 nitrogen and oxygen atoms in total. The zero-order valence-electron chi connectivity index (χ0n) is 15.6. The second kappa shape index (κ2) is 7.98. The molecular formula is C20H20ClN3O4. The van der Waals surface area contributed by atoms with Crippen molar-refractivity contribution in [2.24, 2.45) is 5.92 Å². The Labute approximate surface area is 167 Å². The van der Waals surface area contributed by atoms with Crippen molar-refractivity contribution in [1.82, 2.24) is 4.90 Å². The lowest BCUT2D eigenvalue weighted by molar-refractivity contribution is -0.384. The van der Waals surface area contributed by atoms with Gasteiger partial charge in [-0.1, -0.05) is 29.3 Å². The molecule has 0 N–H and O–H groups in total. The highest BCUT2D eigenvalue weighted by Gasteiger charge is 2.36. The molecule has 1 aliphatic heterocycles. The Morgan fingerprint density at radius 1 is 1.29 bits per heavy atom. The van der Waals surface area contributed by atoms with E-state index in [2.05, 4.69) is 0 Å². The predicted octanol–water partition coefficient (Wildman–Crippen LogP) is 3.57. The Bertz CT molecular complexity index is 930. The average Bonchev–Trinajstić information content (AvgIpc) is 3.05. The number of nitro benzene ring substituents is 1. The lowest BCUT2D eigenvalue weighted by Gasteiger charge is -2.22. The average molecular weight is 402 g/mol. The van der Waals surface area contributed by atoms with Crippen LogP contribution < -0.4 is 4.90 Å². The Balaban J connectivity index is 1.70. The molecule has 1 fully saturated rings. The van der Waals surface area contributed by atoms with Crippen LogP contribution in [0.4, 0.5) is 11.4 Å². The van der Waals surface area contributed by atoms with E-state index in [1.165, 1.54) is 23.1 Å². The molecule has 2 aromatic rings. The van der Waals surface area contributed by atoms with E-state index in [-0.39, 0.29) is 30.5 Å². The number of non-ortho nitro benzene ring substituents is 1. The van der Waals surface area contributed by atoms with Crippen LogP contribution >= 0.6 is 11.6 Å². The van der Waals surface area contributed by atoms with E-state index >= 15 is 0 Å². The van der Waals surface area contributed by atoms with Gasteiger partial charge >= 0.3 is 0 Å². The van der Waals surface area contributed by atoms with Crippen LogP contribution in [0.5, 0.6) is 0 Å². The molecule has 2 aromatic carbocycles. The molecule has 2 amide bonds. The Hall–Kier alpha value is -2.93. The maximum absolute atomic E-state index is 12.8. The maximum atomic E-state index is 12.8. The van der Waals surface area contributed by atoms with Gasteiger partial charge in [-0.05, 0) is 30.7 Å². The van der Waals surface area contributed by atoms with Crippen molar-refractivity contribution < 1.29 is 14.5 Å². The van der Waals surface area contributed by atoms with Gasteiger partial charge in [0.1, 0.15) is 0 Å². The summed E-state index contributed by atoms with van der Waals surface area (Å²) in [5.41, 5.74) is 2.28. The van der Waals surface area contributed by atoms with E-state index in [1.54, 1.807) is 11.9 Å². The Kier molecular flexibility index (Phi) is 5.65. The second-order valence-corrected chi connectivity index (χ2v) is 7.38. The summed E-state index contributed by atoms with van der Waals surface area (Å²) in [4.78, 5) is 38.8. The normalized spacial score (nSPS) is 16.3. The van der Waals surface area contributed by atoms with Gasteiger partial charge < -0.3 is 9.80 Å². The molecule has 1 unspecified atom stereocenters. The number of anilines is 1. The summed E-state index contributed by atoms with van der Waals surface area (Å²) in [6, 6.07) is 11.7. The first-order valence-corrected chi connectivity index (χ1v) is 9.19. The minimum atomic E-state index is -0.503. The van der Waals surface area contributed by atoms with Gasteiger partial charge in [0.25, 0.3) is 5.69 Å². The number of hydrogen-bond acceptors (Lipinski definition) is 4. The van der Waals surface area contributed by atoms with Crippen LogP contribution in [0, 0.1) is 23.0 Å². The Morgan fingerprint density at radius 2 is 1.96 bits per heavy atom. The number of nitro groups is 1. The molecule has 0 aliphatic carbocycles. The van der Waals surface area contributed by atoms with Gasteiger partial charge in [-0.2, -0.15) is 0 Å². The summed E-state index contributed by atoms with van der Waals surface area (Å²) < 4.78 is 0. The summed E-state index contributed by atoms with van der Waals surface area (Å²) >= 11 is 6.13. The number of carbonyl (C=O) groups excluding carboxylic acids is 2. The molecule has 1 atom stereocenters. The number of aryl methyl sites for hydroxylation is 1. The van der Waals surface area contributed by atoms with Crippen molar-refractivity contribution in [3.05, 3.63) is 68.7 Å². The van der Waals surface area contributed by atoms with Crippen LogP contribution in [0.3, 0.4) is 0 Å². The zero-order valence-corrected chi connectivity index (χ0v) is 16.3. The van der Waals surface area contributed by atoms with Crippen LogP contribution in [0.15, 0.2) is 42.5 Å². The fourth-order valence-corrected chi connectivity index (χ4v) is 3.47. The SMILES string of the molecule is Cc1ccc(N2CC(C(=O)N(C)Cc3cc([N+](=O)[O-])ccc3Cl)CC2=O)cc1. The third-order valence-electron chi connectivity index (χ3n) is 4.84. The topological polar surface area (TPSA) is 83.8 Å². The van der Waals surface area contributed by atoms with Crippen LogP contribution in [-0.2, 0) is 16.1 Å². The largest absolute Gasteiger partial charge is 0.341 e. The lowest BCUT2D eigenvalue weighted by atomic mass is 10.1. The van der Waals surface area contributed by atoms with E-state index in [9.17, 15) is 19.7 Å². The van der Waals surface area contributed by atoms with Crippen LogP contribution in [0.25, 0.3) is 0 Å². The van der Waals surface area contributed by atoms with E-state index in [0.717, 1.165) is 11.3 Å². The van der Waals surface area contributed by atoms with Crippen molar-refractivity contribution in [3.8, 4) is 0 Å². The number of halogens is 1. The van der Waals surface area contributed by atoms with Crippen LogP contribution in [0.1, 0.15) is 17.5 Å². The molecule has 1 saturated heterocycles. The molecule has 1 aliphatic rings. The van der Waals surface area contributed by atoms with Gasteiger partial charge in [0.05, 0.1) is 10.8 Å². The van der Waals surface area contributed by atoms with E-state index in [1.807, 2.05) is 31.2 Å². The highest BCUT2D eigenvalue weighted by atomic mass is 35.5. The van der Waals surface area contributed by atoms with E-state index in [4.69, 9.17) is 11.6 Å². The summed E-state index contributed by atoms with van der Waals surface area (Å²) in [7, 11) is 1.61. The monoisotopic (exact) mass is 401 g/mol. The molecule has 1 heterocycles. The number of amides is 2. The minimum Gasteiger partial charge on any atom is -0.341 e. The predicted molar refractivity (Wildman–Crippen MR) is 106 cm³/mol. The number of nitrogens with zero attached hydrogens (tertiary/aromatic N) is 3. The minimum absolute atomic E-state index is 0.0816. The molecule has 0 radical (unpaired) electrons. The highest BCUT2D eigenvalue weighted by Crippen LogP contribution is 2.28. The van der Waals surface area contributed by atoms with Crippen molar-refractivity contribution in [2.45, 2.75) is 19.9 Å². The standard InChI is InChI=1S/C20H20ClN3O4/c1-13-3-5-16(6-4-13)23-12-15(10-19(23)25)20(26)22(2)11-14-9-17(24(27)28)7-8-18(14)21/h3-9,15H,10-12H2,1-2H3. The third-order valence-corrected chi connectivity index (χ3v) is 5.21. The molecule has 28 heavy (non-hydrogen) atoms. The highest BCUT2D eigenvalue weighted by molar-refractivity contribution is 6.31. The van der Waals surface area contributed by atoms with E-state index in [0.29, 0.717) is 17.1 Å². The molecule has 8 heteroatoms. The first kappa shape index (κ1) is 19.8. The van der Waals surface area contributed by atoms with Gasteiger partial charge in [0.2, 0.25) is 11.8 Å². The number of benzene rings is 2. The molecule has 146 valence electrons. The van der Waals surface area contributed by atoms with Gasteiger partial charge in [0.15, 0.2) is 0 Å². The van der Waals surface area contributed by atoms with Crippen LogP contribution in [0.2, 0.25) is 5.02 Å². The number of rotatable bonds is 5. The maximum Gasteiger partial charge on any atom is 0.269 e. The van der Waals surface area contributed by atoms with Gasteiger partial charge in [-0.3, -0.25) is 19.7 Å². The van der Waals surface area contributed by atoms with Crippen molar-refractivity contribution in [3.63, 3.8) is 0 Å². The van der Waals surface area contributed by atoms with Gasteiger partial charge in [0, 0.05) is 49.4 Å². The quantitative estimate of drug-likeness (QED) is 0.566. The third kappa shape index (κ3) is 4.14. The summed E-state index contributed by atoms with van der Waals surface area (Å²) in [6.45, 7) is 2.41. The fraction of sp³-hybridized carbons (Fsp3) is 0.300. The number of hydrogen-bond donors (Lipinski definition) is 0. The first-order chi connectivity index (χ1) is 13.3. The smallest absolute Gasteiger partial charge is 0.269 e. The first-order valence-electron chi connectivity index (χ1n) is 8.81. The van der Waals surface area contributed by atoms with Gasteiger partial charge in [-0.25, -0.2) is 0 Å². The molecule has 0 bridgehead atoms.